The second-order valence-corrected chi connectivity index (χ2v) is 8.77. The number of carbonyl (C=O) groups is 1. The third kappa shape index (κ3) is 4.11. The van der Waals surface area contributed by atoms with Crippen molar-refractivity contribution < 1.29 is 4.79 Å². The Labute approximate surface area is 179 Å². The molecule has 6 nitrogen and oxygen atoms in total. The van der Waals surface area contributed by atoms with Gasteiger partial charge in [0.25, 0.3) is 11.5 Å². The number of nitrogens with zero attached hydrogens (tertiary/aromatic N) is 3. The van der Waals surface area contributed by atoms with Crippen LogP contribution in [0.3, 0.4) is 0 Å². The highest BCUT2D eigenvalue weighted by Crippen LogP contribution is 2.35. The van der Waals surface area contributed by atoms with Crippen LogP contribution in [0.4, 0.5) is 0 Å². The molecule has 154 valence electrons. The maximum absolute atomic E-state index is 13.1. The summed E-state index contributed by atoms with van der Waals surface area (Å²) < 4.78 is 1.40. The van der Waals surface area contributed by atoms with Gasteiger partial charge in [-0.05, 0) is 49.3 Å². The average Bonchev–Trinajstić information content (AvgIpc) is 3.12. The van der Waals surface area contributed by atoms with E-state index in [1.807, 2.05) is 36.4 Å². The first kappa shape index (κ1) is 20.2. The smallest absolute Gasteiger partial charge is 0.263 e. The highest BCUT2D eigenvalue weighted by Gasteiger charge is 2.25. The first-order valence-electron chi connectivity index (χ1n) is 10.1. The lowest BCUT2D eigenvalue weighted by molar-refractivity contribution is -0.123. The van der Waals surface area contributed by atoms with Gasteiger partial charge in [0.05, 0.1) is 11.7 Å². The van der Waals surface area contributed by atoms with E-state index in [9.17, 15) is 9.59 Å². The van der Waals surface area contributed by atoms with Gasteiger partial charge < -0.3 is 0 Å². The lowest BCUT2D eigenvalue weighted by Gasteiger charge is -2.18. The maximum Gasteiger partial charge on any atom is 0.263 e. The molecule has 0 unspecified atom stereocenters. The second-order valence-electron chi connectivity index (χ2n) is 7.69. The van der Waals surface area contributed by atoms with Crippen molar-refractivity contribution in [1.82, 2.24) is 15.0 Å². The Morgan fingerprint density at radius 2 is 2.17 bits per heavy atom. The normalized spacial score (nSPS) is 17.5. The summed E-state index contributed by atoms with van der Waals surface area (Å²) in [7, 11) is 0. The molecule has 7 heteroatoms. The zero-order chi connectivity index (χ0) is 21.1. The van der Waals surface area contributed by atoms with Gasteiger partial charge in [0.15, 0.2) is 0 Å². The molecule has 0 bridgehead atoms. The third-order valence-electron chi connectivity index (χ3n) is 5.46. The van der Waals surface area contributed by atoms with Crippen LogP contribution in [-0.2, 0) is 17.6 Å². The van der Waals surface area contributed by atoms with Gasteiger partial charge in [-0.1, -0.05) is 43.3 Å². The van der Waals surface area contributed by atoms with E-state index in [0.717, 1.165) is 35.2 Å². The predicted molar refractivity (Wildman–Crippen MR) is 122 cm³/mol. The SMILES string of the molecule is C[C@H]1CCc2c(sc3ncn([C@@H](C)C(=O)NN=CC=Cc4ccccc4)c(=O)c23)C1. The largest absolute Gasteiger partial charge is 0.286 e. The van der Waals surface area contributed by atoms with E-state index in [0.29, 0.717) is 11.3 Å². The van der Waals surface area contributed by atoms with Crippen LogP contribution in [0, 0.1) is 5.92 Å². The summed E-state index contributed by atoms with van der Waals surface area (Å²) in [5, 5.41) is 4.63. The number of aromatic nitrogens is 2. The third-order valence-corrected chi connectivity index (χ3v) is 6.62. The minimum Gasteiger partial charge on any atom is -0.286 e. The zero-order valence-corrected chi connectivity index (χ0v) is 17.9. The van der Waals surface area contributed by atoms with Crippen molar-refractivity contribution in [3.8, 4) is 0 Å². The lowest BCUT2D eigenvalue weighted by atomic mass is 9.89. The van der Waals surface area contributed by atoms with Gasteiger partial charge in [-0.15, -0.1) is 11.3 Å². The van der Waals surface area contributed by atoms with Crippen molar-refractivity contribution in [2.24, 2.45) is 11.0 Å². The zero-order valence-electron chi connectivity index (χ0n) is 17.0. The van der Waals surface area contributed by atoms with Crippen LogP contribution in [0.5, 0.6) is 0 Å². The van der Waals surface area contributed by atoms with Crippen molar-refractivity contribution in [3.63, 3.8) is 0 Å². The molecule has 2 aromatic heterocycles. The molecular weight excluding hydrogens is 396 g/mol. The van der Waals surface area contributed by atoms with Gasteiger partial charge in [-0.2, -0.15) is 5.10 Å². The molecule has 0 saturated carbocycles. The molecule has 0 fully saturated rings. The van der Waals surface area contributed by atoms with E-state index >= 15 is 0 Å². The molecule has 2 atom stereocenters. The molecule has 3 aromatic rings. The first-order chi connectivity index (χ1) is 14.5. The molecule has 4 rings (SSSR count). The summed E-state index contributed by atoms with van der Waals surface area (Å²) in [5.41, 5.74) is 4.51. The predicted octanol–water partition coefficient (Wildman–Crippen LogP) is 3.96. The number of allylic oxidation sites excluding steroid dienone is 1. The van der Waals surface area contributed by atoms with Gasteiger partial charge in [-0.25, -0.2) is 10.4 Å². The van der Waals surface area contributed by atoms with Crippen LogP contribution in [-0.4, -0.2) is 21.7 Å². The number of aryl methyl sites for hydroxylation is 1. The number of amides is 1. The van der Waals surface area contributed by atoms with Gasteiger partial charge in [0.1, 0.15) is 10.9 Å². The summed E-state index contributed by atoms with van der Waals surface area (Å²) in [6.07, 6.45) is 9.60. The van der Waals surface area contributed by atoms with E-state index in [-0.39, 0.29) is 11.5 Å². The lowest BCUT2D eigenvalue weighted by Crippen LogP contribution is -2.34. The Kier molecular flexibility index (Phi) is 5.90. The Hall–Kier alpha value is -3.06. The maximum atomic E-state index is 13.1. The number of hydrogen-bond acceptors (Lipinski definition) is 5. The van der Waals surface area contributed by atoms with E-state index in [2.05, 4.69) is 22.4 Å². The van der Waals surface area contributed by atoms with Crippen molar-refractivity contribution in [2.75, 3.05) is 0 Å². The van der Waals surface area contributed by atoms with Crippen LogP contribution in [0.25, 0.3) is 16.3 Å². The molecule has 0 radical (unpaired) electrons. The van der Waals surface area contributed by atoms with Crippen molar-refractivity contribution in [3.05, 3.63) is 69.1 Å². The van der Waals surface area contributed by atoms with Gasteiger partial charge in [0.2, 0.25) is 0 Å². The molecule has 1 amide bonds. The highest BCUT2D eigenvalue weighted by molar-refractivity contribution is 7.18. The molecule has 1 aliphatic carbocycles. The van der Waals surface area contributed by atoms with E-state index in [1.165, 1.54) is 22.0 Å². The number of thiophene rings is 1. The van der Waals surface area contributed by atoms with Crippen LogP contribution >= 0.6 is 11.3 Å². The number of fused-ring (bicyclic) bond motifs is 3. The first-order valence-corrected chi connectivity index (χ1v) is 10.9. The van der Waals surface area contributed by atoms with Crippen LogP contribution in [0.15, 0.2) is 52.6 Å². The standard InChI is InChI=1S/C23H24N4O2S/c1-15-10-11-18-19(13-15)30-22-20(18)23(29)27(14-24-22)16(2)21(28)26-25-12-6-9-17-7-4-3-5-8-17/h3-9,12,14-16H,10-11,13H2,1-2H3,(H,26,28)/t15-,16-/m0/s1. The number of nitrogens with one attached hydrogen (secondary N) is 1. The summed E-state index contributed by atoms with van der Waals surface area (Å²) in [6, 6.07) is 9.10. The molecule has 1 aliphatic rings. The van der Waals surface area contributed by atoms with Gasteiger partial charge in [-0.3, -0.25) is 14.2 Å². The molecule has 1 N–H and O–H groups in total. The Bertz CT molecular complexity index is 1180. The number of carbonyl (C=O) groups excluding carboxylic acids is 1. The quantitative estimate of drug-likeness (QED) is 0.501. The Morgan fingerprint density at radius 1 is 1.37 bits per heavy atom. The Morgan fingerprint density at radius 3 is 2.97 bits per heavy atom. The van der Waals surface area contributed by atoms with E-state index < -0.39 is 6.04 Å². The van der Waals surface area contributed by atoms with Crippen molar-refractivity contribution in [1.29, 1.82) is 0 Å². The van der Waals surface area contributed by atoms with Gasteiger partial charge in [0, 0.05) is 11.1 Å². The Balaban J connectivity index is 1.48. The summed E-state index contributed by atoms with van der Waals surface area (Å²) in [5.74, 6) is 0.270. The molecule has 0 aliphatic heterocycles. The molecule has 0 spiro atoms. The van der Waals surface area contributed by atoms with E-state index in [1.54, 1.807) is 24.3 Å². The summed E-state index contributed by atoms with van der Waals surface area (Å²) in [4.78, 5) is 32.1. The molecule has 1 aromatic carbocycles. The molecule has 2 heterocycles. The number of benzene rings is 1. The molecule has 0 saturated heterocycles. The van der Waals surface area contributed by atoms with Crippen molar-refractivity contribution >= 4 is 39.8 Å². The second kappa shape index (κ2) is 8.75. The molecule has 30 heavy (non-hydrogen) atoms. The summed E-state index contributed by atoms with van der Waals surface area (Å²) >= 11 is 1.61. The highest BCUT2D eigenvalue weighted by atomic mass is 32.1. The van der Waals surface area contributed by atoms with Crippen LogP contribution in [0.2, 0.25) is 0 Å². The number of hydrogen-bond donors (Lipinski definition) is 1. The number of rotatable bonds is 5. The average molecular weight is 421 g/mol. The topological polar surface area (TPSA) is 76.3 Å². The fourth-order valence-corrected chi connectivity index (χ4v) is 5.04. The minimum atomic E-state index is -0.706. The van der Waals surface area contributed by atoms with Crippen LogP contribution in [0.1, 0.15) is 42.3 Å². The van der Waals surface area contributed by atoms with Crippen molar-refractivity contribution in [2.45, 2.75) is 39.2 Å². The minimum absolute atomic E-state index is 0.150. The fourth-order valence-electron chi connectivity index (χ4n) is 3.70. The summed E-state index contributed by atoms with van der Waals surface area (Å²) in [6.45, 7) is 3.92. The fraction of sp³-hybridized carbons (Fsp3) is 0.304. The van der Waals surface area contributed by atoms with Crippen LogP contribution < -0.4 is 11.0 Å². The van der Waals surface area contributed by atoms with E-state index in [4.69, 9.17) is 0 Å². The molecular formula is C23H24N4O2S. The monoisotopic (exact) mass is 420 g/mol. The van der Waals surface area contributed by atoms with Gasteiger partial charge >= 0.3 is 0 Å². The number of hydrazone groups is 1.